The van der Waals surface area contributed by atoms with E-state index in [0.717, 1.165) is 13.8 Å². The van der Waals surface area contributed by atoms with Crippen molar-refractivity contribution in [1.82, 2.24) is 0 Å². The molecule has 0 unspecified atom stereocenters. The molecule has 0 atom stereocenters. The molecule has 0 saturated heterocycles. The Bertz CT molecular complexity index is 572. The summed E-state index contributed by atoms with van der Waals surface area (Å²) >= 11 is 0. The van der Waals surface area contributed by atoms with Crippen molar-refractivity contribution < 1.29 is 93.3 Å². The summed E-state index contributed by atoms with van der Waals surface area (Å²) in [6.07, 6.45) is 0. The zero-order chi connectivity index (χ0) is 32.4. The van der Waals surface area contributed by atoms with Crippen molar-refractivity contribution in [3.8, 4) is 36.4 Å². The summed E-state index contributed by atoms with van der Waals surface area (Å²) in [5, 5.41) is 61.7. The second-order valence-corrected chi connectivity index (χ2v) is 3.31. The van der Waals surface area contributed by atoms with Crippen LogP contribution in [0.15, 0.2) is 0 Å². The van der Waals surface area contributed by atoms with E-state index >= 15 is 0 Å². The Labute approximate surface area is 242 Å². The first-order chi connectivity index (χ1) is 15.9. The number of nitrogens with zero attached hydrogens (tertiary/aromatic N) is 6. The van der Waals surface area contributed by atoms with Gasteiger partial charge in [-0.3, -0.25) is 0 Å². The standard InChI is InChI=1S/6C2H3N.2C2H4O2.2BF4.2Rh/c6*1-2-3;2*1-2(3)4;2*2-1(3,4)5;;/h6*1H3;2*1H3,(H,3,4);;;;/q;;;;;;;;2*-1;2*+2/p-2. The number of halogens is 8. The van der Waals surface area contributed by atoms with Crippen LogP contribution in [0.3, 0.4) is 0 Å². The van der Waals surface area contributed by atoms with Gasteiger partial charge in [-0.1, -0.05) is 0 Å². The molecule has 0 spiro atoms. The van der Waals surface area contributed by atoms with Crippen LogP contribution in [0.25, 0.3) is 0 Å². The van der Waals surface area contributed by atoms with Crippen LogP contribution in [0, 0.1) is 68.0 Å². The normalized spacial score (nSPS) is 5.74. The summed E-state index contributed by atoms with van der Waals surface area (Å²) in [6.45, 7) is 10.5. The number of hydrogen-bond acceptors (Lipinski definition) is 10. The van der Waals surface area contributed by atoms with E-state index in [2.05, 4.69) is 0 Å². The summed E-state index contributed by atoms with van der Waals surface area (Å²) < 4.78 is 78.0. The van der Waals surface area contributed by atoms with E-state index in [1.54, 1.807) is 36.4 Å². The number of nitriles is 6. The van der Waals surface area contributed by atoms with E-state index in [9.17, 15) is 34.5 Å². The summed E-state index contributed by atoms with van der Waals surface area (Å²) in [6, 6.07) is 10.5. The van der Waals surface area contributed by atoms with Gasteiger partial charge >= 0.3 is 53.5 Å². The SMILES string of the molecule is CC#N.CC#N.CC#N.CC#N.CC#N.CC#N.CC(=O)[O-].CC(=O)[O-].F[B-](F)(F)F.F[B-](F)(F)F.[Rh+2].[Rh+2]. The zero-order valence-corrected chi connectivity index (χ0v) is 24.4. The van der Waals surface area contributed by atoms with Gasteiger partial charge in [0.15, 0.2) is 0 Å². The predicted octanol–water partition coefficient (Wildman–Crippen LogP) is 3.29. The second-order valence-electron chi connectivity index (χ2n) is 3.31. The molecule has 222 valence electrons. The maximum Gasteiger partial charge on any atom is 2.00 e. The fourth-order valence-electron chi connectivity index (χ4n) is 0. The van der Waals surface area contributed by atoms with Crippen LogP contribution in [0.1, 0.15) is 55.4 Å². The summed E-state index contributed by atoms with van der Waals surface area (Å²) in [4.78, 5) is 17.8. The molecule has 38 heavy (non-hydrogen) atoms. The molecular formula is C16H24B2F8N6O4Rh2. The third-order valence-electron chi connectivity index (χ3n) is 0. The Balaban J connectivity index is -0.0000000198. The Kier molecular flexibility index (Phi) is 169. The average Bonchev–Trinajstić information content (AvgIpc) is 2.54. The van der Waals surface area contributed by atoms with Crippen molar-refractivity contribution in [2.75, 3.05) is 0 Å². The van der Waals surface area contributed by atoms with Crippen molar-refractivity contribution in [1.29, 1.82) is 31.6 Å². The predicted molar refractivity (Wildman–Crippen MR) is 109 cm³/mol. The largest absolute Gasteiger partial charge is 2.00 e. The summed E-state index contributed by atoms with van der Waals surface area (Å²) in [7, 11) is -12.0. The van der Waals surface area contributed by atoms with Gasteiger partial charge in [-0.05, 0) is 13.8 Å². The van der Waals surface area contributed by atoms with Gasteiger partial charge in [0.05, 0.1) is 36.4 Å². The van der Waals surface area contributed by atoms with Crippen LogP contribution in [0.5, 0.6) is 0 Å². The number of aliphatic carboxylic acids is 2. The minimum absolute atomic E-state index is 0. The zero-order valence-electron chi connectivity index (χ0n) is 21.2. The van der Waals surface area contributed by atoms with Gasteiger partial charge in [-0.25, -0.2) is 0 Å². The van der Waals surface area contributed by atoms with E-state index in [1.807, 2.05) is 0 Å². The topological polar surface area (TPSA) is 223 Å². The molecule has 0 aromatic carbocycles. The van der Waals surface area contributed by atoms with Gasteiger partial charge in [-0.15, -0.1) is 0 Å². The fraction of sp³-hybridized carbons (Fsp3) is 0.500. The smallest absolute Gasteiger partial charge is 0.550 e. The Morgan fingerprint density at radius 1 is 0.474 bits per heavy atom. The van der Waals surface area contributed by atoms with Crippen LogP contribution < -0.4 is 10.2 Å². The average molecular weight is 744 g/mol. The molecule has 0 aliphatic heterocycles. The number of rotatable bonds is 0. The molecule has 0 aromatic rings. The molecule has 0 heterocycles. The first-order valence-electron chi connectivity index (χ1n) is 7.90. The Morgan fingerprint density at radius 3 is 0.474 bits per heavy atom. The fourth-order valence-corrected chi connectivity index (χ4v) is 0. The molecule has 0 aromatic heterocycles. The molecule has 0 fully saturated rings. The molecule has 22 heteroatoms. The maximum absolute atomic E-state index is 9.75. The van der Waals surface area contributed by atoms with E-state index in [1.165, 1.54) is 41.5 Å². The number of carbonyl (C=O) groups is 2. The molecule has 0 rings (SSSR count). The third kappa shape index (κ3) is 3010. The minimum Gasteiger partial charge on any atom is -0.550 e. The van der Waals surface area contributed by atoms with Gasteiger partial charge in [-0.2, -0.15) is 31.6 Å². The van der Waals surface area contributed by atoms with Crippen LogP contribution >= 0.6 is 0 Å². The van der Waals surface area contributed by atoms with Gasteiger partial charge in [0.2, 0.25) is 0 Å². The molecule has 0 aliphatic carbocycles. The molecule has 0 aliphatic rings. The molecule has 2 radical (unpaired) electrons. The van der Waals surface area contributed by atoms with E-state index in [0.29, 0.717) is 0 Å². The van der Waals surface area contributed by atoms with E-state index < -0.39 is 26.4 Å². The van der Waals surface area contributed by atoms with Crippen molar-refractivity contribution in [3.05, 3.63) is 0 Å². The maximum atomic E-state index is 9.75. The van der Waals surface area contributed by atoms with E-state index in [4.69, 9.17) is 51.4 Å². The number of carboxylic acids is 2. The molecule has 0 bridgehead atoms. The van der Waals surface area contributed by atoms with Crippen molar-refractivity contribution in [2.45, 2.75) is 55.4 Å². The first kappa shape index (κ1) is 76.5. The monoisotopic (exact) mass is 744 g/mol. The quantitative estimate of drug-likeness (QED) is 0.260. The van der Waals surface area contributed by atoms with Crippen molar-refractivity contribution in [3.63, 3.8) is 0 Å². The summed E-state index contributed by atoms with van der Waals surface area (Å²) in [5.41, 5.74) is 0. The van der Waals surface area contributed by atoms with Crippen molar-refractivity contribution in [2.24, 2.45) is 0 Å². The molecular weight excluding hydrogens is 720 g/mol. The van der Waals surface area contributed by atoms with Crippen LogP contribution in [0.2, 0.25) is 0 Å². The van der Waals surface area contributed by atoms with E-state index in [-0.39, 0.29) is 39.0 Å². The van der Waals surface area contributed by atoms with Gasteiger partial charge in [0.25, 0.3) is 0 Å². The van der Waals surface area contributed by atoms with Crippen LogP contribution in [-0.2, 0) is 48.5 Å². The van der Waals surface area contributed by atoms with Crippen LogP contribution in [-0.4, -0.2) is 26.4 Å². The van der Waals surface area contributed by atoms with Crippen molar-refractivity contribution >= 4 is 26.4 Å². The Hall–Kier alpha value is -3.30. The minimum atomic E-state index is -6.00. The van der Waals surface area contributed by atoms with Crippen LogP contribution in [0.4, 0.5) is 34.5 Å². The third-order valence-corrected chi connectivity index (χ3v) is 0. The summed E-state index contributed by atoms with van der Waals surface area (Å²) in [5.74, 6) is -2.17. The molecule has 0 amide bonds. The molecule has 0 N–H and O–H groups in total. The number of hydrogen-bond donors (Lipinski definition) is 0. The molecule has 10 nitrogen and oxygen atoms in total. The number of carboxylic acid groups (broad SMARTS) is 2. The van der Waals surface area contributed by atoms with Gasteiger partial charge < -0.3 is 54.3 Å². The second kappa shape index (κ2) is 84.1. The Morgan fingerprint density at radius 2 is 0.474 bits per heavy atom. The molecule has 0 saturated carbocycles. The first-order valence-corrected chi connectivity index (χ1v) is 7.90. The van der Waals surface area contributed by atoms with Gasteiger partial charge in [0.1, 0.15) is 0 Å². The van der Waals surface area contributed by atoms with Gasteiger partial charge in [0, 0.05) is 53.5 Å². The number of carbonyl (C=O) groups excluding carboxylic acids is 2.